The molecule has 4 aliphatic heterocycles. The molecule has 78 heavy (non-hydrogen) atoms. The lowest BCUT2D eigenvalue weighted by Crippen LogP contribution is -2.58. The third kappa shape index (κ3) is 9.22. The van der Waals surface area contributed by atoms with Crippen LogP contribution in [-0.2, 0) is 47.0 Å². The van der Waals surface area contributed by atoms with Crippen LogP contribution in [0.1, 0.15) is 76.5 Å². The number of methoxy groups -OCH3 is 4. The van der Waals surface area contributed by atoms with Crippen molar-refractivity contribution >= 4 is 35.5 Å². The number of aliphatic hydroxyl groups is 1. The smallest absolute Gasteiger partial charge is 0.329 e. The van der Waals surface area contributed by atoms with Gasteiger partial charge in [0.05, 0.1) is 58.7 Å². The van der Waals surface area contributed by atoms with Crippen molar-refractivity contribution in [3.63, 3.8) is 0 Å². The molecule has 4 heterocycles. The van der Waals surface area contributed by atoms with Crippen LogP contribution < -0.4 is 29.2 Å². The highest BCUT2D eigenvalue weighted by Gasteiger charge is 2.76. The summed E-state index contributed by atoms with van der Waals surface area (Å²) >= 11 is 0. The number of ether oxygens (including phenoxy) is 6. The molecule has 6 aromatic carbocycles. The van der Waals surface area contributed by atoms with Gasteiger partial charge >= 0.3 is 18.0 Å². The van der Waals surface area contributed by atoms with Crippen LogP contribution in [0.15, 0.2) is 140 Å². The number of para-hydroxylation sites is 1. The molecule has 4 amide bonds. The molecule has 16 nitrogen and oxygen atoms in total. The molecule has 0 aromatic heterocycles. The molecule has 0 unspecified atom stereocenters. The van der Waals surface area contributed by atoms with Gasteiger partial charge in [-0.1, -0.05) is 105 Å². The van der Waals surface area contributed by atoms with E-state index in [1.165, 1.54) is 14.2 Å². The Morgan fingerprint density at radius 2 is 1.38 bits per heavy atom. The Balaban J connectivity index is 1.29. The van der Waals surface area contributed by atoms with Crippen molar-refractivity contribution in [1.82, 2.24) is 15.1 Å². The van der Waals surface area contributed by atoms with E-state index in [1.807, 2.05) is 89.8 Å². The van der Waals surface area contributed by atoms with Crippen LogP contribution in [0.3, 0.4) is 0 Å². The Labute approximate surface area is 452 Å². The number of esters is 2. The SMILES string of the molecule is COC(=O)[C@@H](NC(=O)N1C(=O)[C@@]2(c3cc(C#Cc4ccc(OC)cc4)ccc31)[C@H](C(=O)N1CCc3cc(OC)c(OC)cc3C1)[C@H]1C(=O)O[C@H](c3ccccc3)[C@H](c3ccccc3)N1[C@@H]2c1ccccc1OCCO)C(C)C. The molecule has 2 fully saturated rings. The molecule has 2 N–H and O–H groups in total. The molecule has 0 saturated carbocycles. The monoisotopic (exact) mass is 1050 g/mol. The number of hydrogen-bond donors (Lipinski definition) is 2. The molecule has 1 spiro atoms. The lowest BCUT2D eigenvalue weighted by molar-refractivity contribution is -0.179. The zero-order chi connectivity index (χ0) is 54.8. The van der Waals surface area contributed by atoms with Crippen LogP contribution >= 0.6 is 0 Å². The number of urea groups is 1. The summed E-state index contributed by atoms with van der Waals surface area (Å²) < 4.78 is 35.0. The molecule has 0 bridgehead atoms. The van der Waals surface area contributed by atoms with E-state index in [2.05, 4.69) is 17.2 Å². The molecule has 6 aromatic rings. The largest absolute Gasteiger partial charge is 0.497 e. The topological polar surface area (TPSA) is 183 Å². The number of rotatable bonds is 13. The van der Waals surface area contributed by atoms with Gasteiger partial charge in [0.25, 0.3) is 0 Å². The average molecular weight is 1050 g/mol. The second kappa shape index (κ2) is 22.1. The Kier molecular flexibility index (Phi) is 15.0. The Morgan fingerprint density at radius 1 is 0.744 bits per heavy atom. The van der Waals surface area contributed by atoms with Crippen molar-refractivity contribution < 1.29 is 57.5 Å². The normalized spacial score (nSPS) is 21.6. The predicted octanol–water partition coefficient (Wildman–Crippen LogP) is 7.64. The molecule has 2 saturated heterocycles. The standard InChI is InChI=1S/C62H60N4O12/c1-37(2)52(58(69)76-6)63-61(72)65-47-28-25-39(22-21-38-23-26-44(73-3)27-24-38)33-46(47)62(60(65)71)51(57(68)64-30-29-42-34-49(74-4)50(75-5)35-43(42)36-64)54-59(70)78-55(41-17-11-8-12-18-41)53(40-15-9-7-10-16-40)66(54)56(62)45-19-13-14-20-48(45)77-32-31-67/h7-20,23-28,33-35,37,51-56,67H,29-32,36H2,1-6H3,(H,63,72)/t51-,52-,53-,54-,55+,56+,62-/m0/s1. The summed E-state index contributed by atoms with van der Waals surface area (Å²) in [5.74, 6) is 3.36. The Morgan fingerprint density at radius 3 is 2.04 bits per heavy atom. The first-order valence-corrected chi connectivity index (χ1v) is 25.8. The summed E-state index contributed by atoms with van der Waals surface area (Å²) in [6.45, 7) is 3.21. The molecular formula is C62H60N4O12. The van der Waals surface area contributed by atoms with Gasteiger partial charge in [-0.25, -0.2) is 14.5 Å². The summed E-state index contributed by atoms with van der Waals surface area (Å²) in [6.07, 6.45) is -0.609. The summed E-state index contributed by atoms with van der Waals surface area (Å²) in [4.78, 5) is 83.1. The number of carbonyl (C=O) groups is 5. The van der Waals surface area contributed by atoms with Crippen LogP contribution in [0, 0.1) is 23.7 Å². The number of hydrogen-bond acceptors (Lipinski definition) is 13. The average Bonchev–Trinajstić information content (AvgIpc) is 4.17. The summed E-state index contributed by atoms with van der Waals surface area (Å²) in [6, 6.07) is 35.9. The highest BCUT2D eigenvalue weighted by molar-refractivity contribution is 6.25. The fourth-order valence-electron chi connectivity index (χ4n) is 11.8. The van der Waals surface area contributed by atoms with E-state index < -0.39 is 77.3 Å². The number of fused-ring (bicyclic) bond motifs is 4. The van der Waals surface area contributed by atoms with Crippen molar-refractivity contribution in [2.75, 3.05) is 53.1 Å². The second-order valence-electron chi connectivity index (χ2n) is 19.9. The summed E-state index contributed by atoms with van der Waals surface area (Å²) in [7, 11) is 5.88. The number of nitrogens with zero attached hydrogens (tertiary/aromatic N) is 3. The number of amides is 4. The maximum Gasteiger partial charge on any atom is 0.329 e. The number of carbonyl (C=O) groups excluding carboxylic acids is 5. The first-order chi connectivity index (χ1) is 37.9. The van der Waals surface area contributed by atoms with Gasteiger partial charge in [0.1, 0.15) is 41.7 Å². The molecule has 16 heteroatoms. The number of aliphatic hydroxyl groups excluding tert-OH is 1. The Bertz CT molecular complexity index is 3320. The van der Waals surface area contributed by atoms with E-state index in [1.54, 1.807) is 87.6 Å². The van der Waals surface area contributed by atoms with Crippen molar-refractivity contribution in [3.05, 3.63) is 184 Å². The van der Waals surface area contributed by atoms with Crippen molar-refractivity contribution in [3.8, 4) is 34.8 Å². The lowest BCUT2D eigenvalue weighted by Gasteiger charge is -2.46. The van der Waals surface area contributed by atoms with E-state index >= 15 is 19.2 Å². The van der Waals surface area contributed by atoms with Gasteiger partial charge in [-0.05, 0) is 101 Å². The fraction of sp³-hybridized carbons (Fsp3) is 0.306. The maximum absolute atomic E-state index is 17.1. The third-order valence-electron chi connectivity index (χ3n) is 15.4. The second-order valence-corrected chi connectivity index (χ2v) is 19.9. The van der Waals surface area contributed by atoms with Gasteiger partial charge in [0.15, 0.2) is 11.5 Å². The predicted molar refractivity (Wildman–Crippen MR) is 288 cm³/mol. The minimum absolute atomic E-state index is 0.0618. The molecule has 7 atom stereocenters. The van der Waals surface area contributed by atoms with Gasteiger partial charge in [0, 0.05) is 29.8 Å². The van der Waals surface area contributed by atoms with E-state index in [0.717, 1.165) is 16.0 Å². The molecule has 4 aliphatic rings. The van der Waals surface area contributed by atoms with Crippen molar-refractivity contribution in [1.29, 1.82) is 0 Å². The third-order valence-corrected chi connectivity index (χ3v) is 15.4. The zero-order valence-electron chi connectivity index (χ0n) is 44.1. The number of benzene rings is 6. The van der Waals surface area contributed by atoms with Gasteiger partial charge in [-0.2, -0.15) is 0 Å². The minimum atomic E-state index is -2.20. The van der Waals surface area contributed by atoms with Crippen LogP contribution in [-0.4, -0.2) is 105 Å². The quantitative estimate of drug-likeness (QED) is 0.0851. The molecule has 0 radical (unpaired) electrons. The van der Waals surface area contributed by atoms with Crippen LogP contribution in [0.2, 0.25) is 0 Å². The number of anilines is 1. The highest BCUT2D eigenvalue weighted by Crippen LogP contribution is 2.67. The summed E-state index contributed by atoms with van der Waals surface area (Å²) in [5.41, 5.74) is 2.64. The van der Waals surface area contributed by atoms with Gasteiger partial charge in [-0.15, -0.1) is 0 Å². The first kappa shape index (κ1) is 52.8. The molecule has 10 rings (SSSR count). The van der Waals surface area contributed by atoms with Gasteiger partial charge < -0.3 is 43.7 Å². The first-order valence-electron chi connectivity index (χ1n) is 25.8. The lowest BCUT2D eigenvalue weighted by atomic mass is 9.64. The highest BCUT2D eigenvalue weighted by atomic mass is 16.6. The molecule has 400 valence electrons. The maximum atomic E-state index is 17.1. The van der Waals surface area contributed by atoms with Crippen molar-refractivity contribution in [2.45, 2.75) is 62.5 Å². The van der Waals surface area contributed by atoms with Gasteiger partial charge in [0.2, 0.25) is 11.8 Å². The van der Waals surface area contributed by atoms with E-state index in [9.17, 15) is 9.90 Å². The Hall–Kier alpha value is -8.65. The molecular weight excluding hydrogens is 993 g/mol. The van der Waals surface area contributed by atoms with Gasteiger partial charge in [-0.3, -0.25) is 19.3 Å². The number of nitrogens with one attached hydrogen (secondary N) is 1. The van der Waals surface area contributed by atoms with E-state index in [4.69, 9.17) is 28.4 Å². The molecule has 0 aliphatic carbocycles. The van der Waals surface area contributed by atoms with Crippen LogP contribution in [0.4, 0.5) is 10.5 Å². The number of imide groups is 1. The summed E-state index contributed by atoms with van der Waals surface area (Å²) in [5, 5.41) is 13.1. The number of cyclic esters (lactones) is 1. The van der Waals surface area contributed by atoms with Crippen LogP contribution in [0.5, 0.6) is 23.0 Å². The number of morpholine rings is 1. The zero-order valence-corrected chi connectivity index (χ0v) is 44.1. The fourth-order valence-corrected chi connectivity index (χ4v) is 11.8. The van der Waals surface area contributed by atoms with Crippen molar-refractivity contribution in [2.24, 2.45) is 11.8 Å². The van der Waals surface area contributed by atoms with E-state index in [0.29, 0.717) is 51.5 Å². The van der Waals surface area contributed by atoms with Crippen LogP contribution in [0.25, 0.3) is 0 Å². The minimum Gasteiger partial charge on any atom is -0.497 e. The van der Waals surface area contributed by atoms with E-state index in [-0.39, 0.29) is 43.3 Å².